The van der Waals surface area contributed by atoms with Gasteiger partial charge in [-0.2, -0.15) is 0 Å². The molecule has 220 valence electrons. The lowest BCUT2D eigenvalue weighted by atomic mass is 10.0. The van der Waals surface area contributed by atoms with Crippen LogP contribution in [-0.4, -0.2) is 57.6 Å². The number of hydrogen-bond acceptors (Lipinski definition) is 5. The van der Waals surface area contributed by atoms with E-state index in [2.05, 4.69) is 5.32 Å². The van der Waals surface area contributed by atoms with Gasteiger partial charge < -0.3 is 15.0 Å². The maximum absolute atomic E-state index is 13.9. The van der Waals surface area contributed by atoms with Gasteiger partial charge in [0.05, 0.1) is 19.1 Å². The number of rotatable bonds is 15. The van der Waals surface area contributed by atoms with E-state index in [1.807, 2.05) is 86.6 Å². The van der Waals surface area contributed by atoms with Crippen molar-refractivity contribution in [2.75, 3.05) is 30.8 Å². The number of nitrogens with zero attached hydrogens (tertiary/aromatic N) is 2. The van der Waals surface area contributed by atoms with E-state index in [-0.39, 0.29) is 31.3 Å². The molecule has 41 heavy (non-hydrogen) atoms. The molecule has 0 spiro atoms. The molecule has 0 aliphatic rings. The van der Waals surface area contributed by atoms with Crippen LogP contribution in [0.3, 0.4) is 0 Å². The molecule has 0 aromatic heterocycles. The van der Waals surface area contributed by atoms with Gasteiger partial charge in [0.1, 0.15) is 11.8 Å². The predicted octanol–water partition coefficient (Wildman–Crippen LogP) is 4.72. The topological polar surface area (TPSA) is 96.0 Å². The van der Waals surface area contributed by atoms with Gasteiger partial charge in [-0.05, 0) is 60.7 Å². The molecule has 3 aromatic rings. The van der Waals surface area contributed by atoms with Gasteiger partial charge in [-0.15, -0.1) is 0 Å². The molecule has 3 aromatic carbocycles. The zero-order valence-corrected chi connectivity index (χ0v) is 25.2. The van der Waals surface area contributed by atoms with Crippen LogP contribution in [0.5, 0.6) is 5.75 Å². The van der Waals surface area contributed by atoms with E-state index in [9.17, 15) is 18.0 Å². The van der Waals surface area contributed by atoms with Crippen molar-refractivity contribution in [3.05, 3.63) is 95.6 Å². The molecule has 9 heteroatoms. The number of ether oxygens (including phenoxy) is 1. The third-order valence-electron chi connectivity index (χ3n) is 6.75. The van der Waals surface area contributed by atoms with E-state index in [1.54, 1.807) is 18.1 Å². The quantitative estimate of drug-likeness (QED) is 0.281. The molecule has 1 atom stereocenters. The minimum Gasteiger partial charge on any atom is -0.497 e. The molecule has 0 fully saturated rings. The summed E-state index contributed by atoms with van der Waals surface area (Å²) < 4.78 is 32.0. The lowest BCUT2D eigenvalue weighted by Crippen LogP contribution is -2.50. The minimum absolute atomic E-state index is 0.0775. The first-order valence-corrected chi connectivity index (χ1v) is 15.8. The lowest BCUT2D eigenvalue weighted by Gasteiger charge is -2.32. The highest BCUT2D eigenvalue weighted by Gasteiger charge is 2.30. The van der Waals surface area contributed by atoms with Crippen LogP contribution in [0, 0.1) is 6.92 Å². The van der Waals surface area contributed by atoms with Crippen LogP contribution in [0.4, 0.5) is 5.69 Å². The molecular formula is C32H41N3O5S. The molecule has 0 aliphatic heterocycles. The number of carbonyl (C=O) groups is 2. The molecule has 3 rings (SSSR count). The zero-order valence-electron chi connectivity index (χ0n) is 24.4. The van der Waals surface area contributed by atoms with Crippen LogP contribution in [0.15, 0.2) is 78.9 Å². The molecule has 1 N–H and O–H groups in total. The number of benzene rings is 3. The Balaban J connectivity index is 1.89. The highest BCUT2D eigenvalue weighted by Crippen LogP contribution is 2.22. The Labute approximate surface area is 244 Å². The molecule has 0 bridgehead atoms. The third kappa shape index (κ3) is 9.63. The van der Waals surface area contributed by atoms with Crippen molar-refractivity contribution >= 4 is 27.5 Å². The van der Waals surface area contributed by atoms with E-state index in [0.717, 1.165) is 23.1 Å². The number of nitrogens with one attached hydrogen (secondary N) is 1. The summed E-state index contributed by atoms with van der Waals surface area (Å²) in [5.41, 5.74) is 3.28. The van der Waals surface area contributed by atoms with Crippen molar-refractivity contribution in [3.63, 3.8) is 0 Å². The van der Waals surface area contributed by atoms with Gasteiger partial charge in [0.25, 0.3) is 0 Å². The highest BCUT2D eigenvalue weighted by atomic mass is 32.2. The van der Waals surface area contributed by atoms with Crippen molar-refractivity contribution in [1.82, 2.24) is 10.2 Å². The standard InChI is InChI=1S/C32H41N3O5S/c1-5-19-33-32(37)30(23-26-13-7-6-8-14-26)34(24-27-15-10-17-29(22-27)40-3)31(36)18-11-20-35(41(4,38)39)28-16-9-12-25(2)21-28/h6-10,12-17,21-22,30H,5,11,18-20,23-24H2,1-4H3,(H,33,37). The van der Waals surface area contributed by atoms with Crippen molar-refractivity contribution in [3.8, 4) is 5.75 Å². The Morgan fingerprint density at radius 1 is 0.951 bits per heavy atom. The Hall–Kier alpha value is -3.85. The average Bonchev–Trinajstić information content (AvgIpc) is 2.95. The second-order valence-electron chi connectivity index (χ2n) is 10.1. The van der Waals surface area contributed by atoms with E-state index < -0.39 is 16.1 Å². The van der Waals surface area contributed by atoms with Crippen LogP contribution in [0.1, 0.15) is 42.9 Å². The summed E-state index contributed by atoms with van der Waals surface area (Å²) in [6, 6.07) is 23.6. The molecule has 0 heterocycles. The molecule has 1 unspecified atom stereocenters. The lowest BCUT2D eigenvalue weighted by molar-refractivity contribution is -0.141. The number of amides is 2. The Morgan fingerprint density at radius 2 is 1.66 bits per heavy atom. The fourth-order valence-electron chi connectivity index (χ4n) is 4.67. The van der Waals surface area contributed by atoms with E-state index in [4.69, 9.17) is 4.74 Å². The molecule has 0 radical (unpaired) electrons. The SMILES string of the molecule is CCCNC(=O)C(Cc1ccccc1)N(Cc1cccc(OC)c1)C(=O)CCCN(c1cccc(C)c1)S(C)(=O)=O. The minimum atomic E-state index is -3.56. The Morgan fingerprint density at radius 3 is 2.32 bits per heavy atom. The van der Waals surface area contributed by atoms with Gasteiger partial charge in [0.15, 0.2) is 0 Å². The predicted molar refractivity (Wildman–Crippen MR) is 163 cm³/mol. The summed E-state index contributed by atoms with van der Waals surface area (Å²) in [5, 5.41) is 2.97. The Kier molecular flexibility index (Phi) is 11.8. The van der Waals surface area contributed by atoms with Gasteiger partial charge >= 0.3 is 0 Å². The number of aryl methyl sites for hydroxylation is 1. The second kappa shape index (κ2) is 15.2. The van der Waals surface area contributed by atoms with Crippen LogP contribution in [0.2, 0.25) is 0 Å². The number of carbonyl (C=O) groups excluding carboxylic acids is 2. The fraction of sp³-hybridized carbons (Fsp3) is 0.375. The van der Waals surface area contributed by atoms with E-state index in [0.29, 0.717) is 30.8 Å². The molecule has 8 nitrogen and oxygen atoms in total. The summed E-state index contributed by atoms with van der Waals surface area (Å²) in [6.07, 6.45) is 2.66. The number of methoxy groups -OCH3 is 1. The summed E-state index contributed by atoms with van der Waals surface area (Å²) in [5.74, 6) is 0.217. The maximum Gasteiger partial charge on any atom is 0.243 e. The molecule has 0 saturated heterocycles. The maximum atomic E-state index is 13.9. The van der Waals surface area contributed by atoms with Crippen molar-refractivity contribution in [1.29, 1.82) is 0 Å². The van der Waals surface area contributed by atoms with Crippen LogP contribution < -0.4 is 14.4 Å². The van der Waals surface area contributed by atoms with Gasteiger partial charge in [0, 0.05) is 32.5 Å². The normalized spacial score (nSPS) is 11.9. The molecule has 0 saturated carbocycles. The molecule has 0 aliphatic carbocycles. The third-order valence-corrected chi connectivity index (χ3v) is 7.94. The summed E-state index contributed by atoms with van der Waals surface area (Å²) in [6.45, 7) is 4.74. The number of sulfonamides is 1. The smallest absolute Gasteiger partial charge is 0.243 e. The zero-order chi connectivity index (χ0) is 29.8. The van der Waals surface area contributed by atoms with E-state index in [1.165, 1.54) is 10.6 Å². The van der Waals surface area contributed by atoms with Gasteiger partial charge in [0.2, 0.25) is 21.8 Å². The highest BCUT2D eigenvalue weighted by molar-refractivity contribution is 7.92. The van der Waals surface area contributed by atoms with Crippen molar-refractivity contribution in [2.45, 2.75) is 52.1 Å². The van der Waals surface area contributed by atoms with Crippen molar-refractivity contribution < 1.29 is 22.7 Å². The summed E-state index contributed by atoms with van der Waals surface area (Å²) >= 11 is 0. The largest absolute Gasteiger partial charge is 0.497 e. The average molecular weight is 580 g/mol. The first-order valence-electron chi connectivity index (χ1n) is 13.9. The monoisotopic (exact) mass is 579 g/mol. The van der Waals surface area contributed by atoms with Crippen LogP contribution >= 0.6 is 0 Å². The van der Waals surface area contributed by atoms with Gasteiger partial charge in [-0.25, -0.2) is 8.42 Å². The summed E-state index contributed by atoms with van der Waals surface area (Å²) in [4.78, 5) is 29.0. The number of anilines is 1. The first-order chi connectivity index (χ1) is 19.6. The first kappa shape index (κ1) is 31.7. The second-order valence-corrected chi connectivity index (χ2v) is 12.1. The van der Waals surface area contributed by atoms with Crippen LogP contribution in [-0.2, 0) is 32.6 Å². The van der Waals surface area contributed by atoms with Gasteiger partial charge in [-0.3, -0.25) is 13.9 Å². The Bertz CT molecular complexity index is 1400. The van der Waals surface area contributed by atoms with E-state index >= 15 is 0 Å². The summed E-state index contributed by atoms with van der Waals surface area (Å²) in [7, 11) is -1.98. The van der Waals surface area contributed by atoms with Gasteiger partial charge in [-0.1, -0.05) is 61.5 Å². The fourth-order valence-corrected chi connectivity index (χ4v) is 5.63. The molecule has 2 amide bonds. The molecular weight excluding hydrogens is 538 g/mol. The number of hydrogen-bond donors (Lipinski definition) is 1. The van der Waals surface area contributed by atoms with Crippen LogP contribution in [0.25, 0.3) is 0 Å². The van der Waals surface area contributed by atoms with Crippen molar-refractivity contribution in [2.24, 2.45) is 0 Å².